The molecule has 0 heterocycles. The first-order valence-corrected chi connectivity index (χ1v) is 7.28. The second-order valence-electron chi connectivity index (χ2n) is 5.02. The number of nitrogens with one attached hydrogen (secondary N) is 2. The van der Waals surface area contributed by atoms with Gasteiger partial charge in [-0.1, -0.05) is 19.1 Å². The van der Waals surface area contributed by atoms with E-state index in [4.69, 9.17) is 4.74 Å². The van der Waals surface area contributed by atoms with E-state index in [0.717, 1.165) is 31.6 Å². The van der Waals surface area contributed by atoms with Gasteiger partial charge in [0.05, 0.1) is 13.7 Å². The van der Waals surface area contributed by atoms with E-state index in [9.17, 15) is 4.79 Å². The molecule has 20 heavy (non-hydrogen) atoms. The van der Waals surface area contributed by atoms with Gasteiger partial charge >= 0.3 is 0 Å². The minimum Gasteiger partial charge on any atom is -0.497 e. The molecule has 0 fully saturated rings. The van der Waals surface area contributed by atoms with Crippen molar-refractivity contribution in [1.29, 1.82) is 0 Å². The van der Waals surface area contributed by atoms with Crippen molar-refractivity contribution in [1.82, 2.24) is 10.6 Å². The summed E-state index contributed by atoms with van der Waals surface area (Å²) in [4.78, 5) is 11.5. The maximum atomic E-state index is 11.5. The Bertz CT molecular complexity index is 390. The standard InChI is InChI=1S/C16H26N2O2/c1-4-11-17-16(19)12-18-13(2)5-6-14-7-9-15(20-3)10-8-14/h7-10,13,18H,4-6,11-12H2,1-3H3,(H,17,19). The van der Waals surface area contributed by atoms with Gasteiger partial charge in [-0.25, -0.2) is 0 Å². The summed E-state index contributed by atoms with van der Waals surface area (Å²) in [5, 5.41) is 6.11. The molecule has 0 saturated heterocycles. The van der Waals surface area contributed by atoms with E-state index < -0.39 is 0 Å². The van der Waals surface area contributed by atoms with Crippen molar-refractivity contribution in [3.05, 3.63) is 29.8 Å². The lowest BCUT2D eigenvalue weighted by atomic mass is 10.1. The summed E-state index contributed by atoms with van der Waals surface area (Å²) >= 11 is 0. The summed E-state index contributed by atoms with van der Waals surface area (Å²) in [5.41, 5.74) is 1.29. The van der Waals surface area contributed by atoms with Crippen molar-refractivity contribution >= 4 is 5.91 Å². The fraction of sp³-hybridized carbons (Fsp3) is 0.562. The fourth-order valence-corrected chi connectivity index (χ4v) is 1.87. The van der Waals surface area contributed by atoms with Gasteiger partial charge in [0.25, 0.3) is 0 Å². The van der Waals surface area contributed by atoms with Crippen molar-refractivity contribution in [2.24, 2.45) is 0 Å². The van der Waals surface area contributed by atoms with Crippen LogP contribution in [0.25, 0.3) is 0 Å². The topological polar surface area (TPSA) is 50.4 Å². The summed E-state index contributed by atoms with van der Waals surface area (Å²) < 4.78 is 5.14. The molecule has 0 radical (unpaired) electrons. The van der Waals surface area contributed by atoms with Gasteiger partial charge in [-0.15, -0.1) is 0 Å². The lowest BCUT2D eigenvalue weighted by Crippen LogP contribution is -2.38. The summed E-state index contributed by atoms with van der Waals surface area (Å²) in [6, 6.07) is 8.44. The average Bonchev–Trinajstić information content (AvgIpc) is 2.49. The van der Waals surface area contributed by atoms with Crippen LogP contribution in [0, 0.1) is 0 Å². The maximum Gasteiger partial charge on any atom is 0.233 e. The quantitative estimate of drug-likeness (QED) is 0.727. The van der Waals surface area contributed by atoms with Crippen molar-refractivity contribution < 1.29 is 9.53 Å². The van der Waals surface area contributed by atoms with E-state index in [1.165, 1.54) is 5.56 Å². The molecule has 0 aliphatic heterocycles. The monoisotopic (exact) mass is 278 g/mol. The molecule has 4 heteroatoms. The van der Waals surface area contributed by atoms with Crippen LogP contribution in [0.5, 0.6) is 5.75 Å². The van der Waals surface area contributed by atoms with Gasteiger partial charge in [-0.3, -0.25) is 4.79 Å². The summed E-state index contributed by atoms with van der Waals surface area (Å²) in [5.74, 6) is 0.954. The molecule has 0 aromatic heterocycles. The molecule has 1 atom stereocenters. The molecular formula is C16H26N2O2. The van der Waals surface area contributed by atoms with Gasteiger partial charge in [-0.05, 0) is 43.9 Å². The molecule has 4 nitrogen and oxygen atoms in total. The molecule has 0 saturated carbocycles. The number of hydrogen-bond donors (Lipinski definition) is 2. The Morgan fingerprint density at radius 2 is 2.00 bits per heavy atom. The Labute approximate surface area is 121 Å². The fourth-order valence-electron chi connectivity index (χ4n) is 1.87. The van der Waals surface area contributed by atoms with Crippen LogP contribution in [0.4, 0.5) is 0 Å². The summed E-state index contributed by atoms with van der Waals surface area (Å²) in [6.07, 6.45) is 2.97. The number of benzene rings is 1. The maximum absolute atomic E-state index is 11.5. The second kappa shape index (κ2) is 9.37. The van der Waals surface area contributed by atoms with Crippen LogP contribution < -0.4 is 15.4 Å². The Morgan fingerprint density at radius 3 is 2.60 bits per heavy atom. The second-order valence-corrected chi connectivity index (χ2v) is 5.02. The van der Waals surface area contributed by atoms with Crippen LogP contribution in [-0.4, -0.2) is 32.1 Å². The lowest BCUT2D eigenvalue weighted by Gasteiger charge is -2.13. The zero-order chi connectivity index (χ0) is 14.8. The number of carbonyl (C=O) groups is 1. The van der Waals surface area contributed by atoms with Crippen LogP contribution in [0.2, 0.25) is 0 Å². The third-order valence-corrected chi connectivity index (χ3v) is 3.21. The molecule has 0 aliphatic carbocycles. The zero-order valence-corrected chi connectivity index (χ0v) is 12.7. The molecule has 2 N–H and O–H groups in total. The molecule has 0 aliphatic rings. The molecule has 1 unspecified atom stereocenters. The number of hydrogen-bond acceptors (Lipinski definition) is 3. The van der Waals surface area contributed by atoms with Crippen LogP contribution in [0.3, 0.4) is 0 Å². The highest BCUT2D eigenvalue weighted by molar-refractivity contribution is 5.77. The number of methoxy groups -OCH3 is 1. The average molecular weight is 278 g/mol. The summed E-state index contributed by atoms with van der Waals surface area (Å²) in [6.45, 7) is 5.30. The highest BCUT2D eigenvalue weighted by atomic mass is 16.5. The van der Waals surface area contributed by atoms with E-state index in [1.54, 1.807) is 7.11 Å². The zero-order valence-electron chi connectivity index (χ0n) is 12.7. The first kappa shape index (κ1) is 16.5. The Hall–Kier alpha value is -1.55. The van der Waals surface area contributed by atoms with E-state index in [0.29, 0.717) is 12.6 Å². The molecule has 1 rings (SSSR count). The van der Waals surface area contributed by atoms with Crippen LogP contribution in [0.1, 0.15) is 32.3 Å². The molecule has 0 spiro atoms. The normalized spacial score (nSPS) is 11.9. The largest absolute Gasteiger partial charge is 0.497 e. The Kier molecular flexibility index (Phi) is 7.73. The third kappa shape index (κ3) is 6.57. The van der Waals surface area contributed by atoms with Crippen LogP contribution in [0.15, 0.2) is 24.3 Å². The Morgan fingerprint density at radius 1 is 1.30 bits per heavy atom. The SMILES string of the molecule is CCCNC(=O)CNC(C)CCc1ccc(OC)cc1. The number of ether oxygens (including phenoxy) is 1. The van der Waals surface area contributed by atoms with Gasteiger partial charge in [-0.2, -0.15) is 0 Å². The molecular weight excluding hydrogens is 252 g/mol. The number of carbonyl (C=O) groups excluding carboxylic acids is 1. The van der Waals surface area contributed by atoms with Gasteiger partial charge in [0.2, 0.25) is 5.91 Å². The van der Waals surface area contributed by atoms with E-state index >= 15 is 0 Å². The van der Waals surface area contributed by atoms with Gasteiger partial charge in [0.15, 0.2) is 0 Å². The summed E-state index contributed by atoms with van der Waals surface area (Å²) in [7, 11) is 1.67. The first-order chi connectivity index (χ1) is 9.65. The molecule has 0 bridgehead atoms. The number of aryl methyl sites for hydroxylation is 1. The first-order valence-electron chi connectivity index (χ1n) is 7.28. The molecule has 1 aromatic carbocycles. The minimum absolute atomic E-state index is 0.0724. The van der Waals surface area contributed by atoms with Gasteiger partial charge in [0, 0.05) is 12.6 Å². The number of amides is 1. The van der Waals surface area contributed by atoms with Crippen LogP contribution in [-0.2, 0) is 11.2 Å². The van der Waals surface area contributed by atoms with E-state index in [1.807, 2.05) is 19.1 Å². The highest BCUT2D eigenvalue weighted by Crippen LogP contribution is 2.13. The minimum atomic E-state index is 0.0724. The van der Waals surface area contributed by atoms with Crippen molar-refractivity contribution in [2.45, 2.75) is 39.2 Å². The number of rotatable bonds is 9. The van der Waals surface area contributed by atoms with Gasteiger partial charge in [0.1, 0.15) is 5.75 Å². The molecule has 1 amide bonds. The smallest absolute Gasteiger partial charge is 0.233 e. The predicted molar refractivity (Wildman–Crippen MR) is 82.1 cm³/mol. The van der Waals surface area contributed by atoms with Crippen molar-refractivity contribution in [3.63, 3.8) is 0 Å². The third-order valence-electron chi connectivity index (χ3n) is 3.21. The Balaban J connectivity index is 2.21. The van der Waals surface area contributed by atoms with Gasteiger partial charge < -0.3 is 15.4 Å². The van der Waals surface area contributed by atoms with Crippen LogP contribution >= 0.6 is 0 Å². The van der Waals surface area contributed by atoms with E-state index in [2.05, 4.69) is 29.7 Å². The van der Waals surface area contributed by atoms with Crippen molar-refractivity contribution in [3.8, 4) is 5.75 Å². The highest BCUT2D eigenvalue weighted by Gasteiger charge is 2.05. The lowest BCUT2D eigenvalue weighted by molar-refractivity contribution is -0.120. The predicted octanol–water partition coefficient (Wildman–Crippen LogP) is 2.13. The molecule has 112 valence electrons. The van der Waals surface area contributed by atoms with Crippen molar-refractivity contribution in [2.75, 3.05) is 20.2 Å². The van der Waals surface area contributed by atoms with E-state index in [-0.39, 0.29) is 5.91 Å². The molecule has 1 aromatic rings.